The van der Waals surface area contributed by atoms with Crippen LogP contribution in [-0.4, -0.2) is 25.3 Å². The van der Waals surface area contributed by atoms with Crippen molar-refractivity contribution in [1.29, 1.82) is 0 Å². The lowest BCUT2D eigenvalue weighted by atomic mass is 9.79. The van der Waals surface area contributed by atoms with E-state index in [2.05, 4.69) is 19.2 Å². The molecule has 2 atom stereocenters. The summed E-state index contributed by atoms with van der Waals surface area (Å²) in [5.74, 6) is 1.62. The van der Waals surface area contributed by atoms with E-state index in [4.69, 9.17) is 4.74 Å². The summed E-state index contributed by atoms with van der Waals surface area (Å²) in [5.41, 5.74) is 0.117. The molecule has 2 saturated heterocycles. The summed E-state index contributed by atoms with van der Waals surface area (Å²) in [6.07, 6.45) is 1.25. The van der Waals surface area contributed by atoms with Crippen molar-refractivity contribution in [2.45, 2.75) is 25.9 Å². The van der Waals surface area contributed by atoms with Crippen LogP contribution in [0.2, 0.25) is 0 Å². The summed E-state index contributed by atoms with van der Waals surface area (Å²) < 4.78 is 5.74. The number of hydrogen-bond acceptors (Lipinski definition) is 2. The van der Waals surface area contributed by atoms with Crippen molar-refractivity contribution in [3.63, 3.8) is 0 Å². The Balaban J connectivity index is 2.13. The van der Waals surface area contributed by atoms with Crippen molar-refractivity contribution < 1.29 is 4.74 Å². The highest BCUT2D eigenvalue weighted by atomic mass is 16.5. The number of nitrogens with one attached hydrogen (secondary N) is 1. The topological polar surface area (TPSA) is 21.3 Å². The van der Waals surface area contributed by atoms with Crippen molar-refractivity contribution in [2.75, 3.05) is 19.7 Å². The first-order valence-corrected chi connectivity index (χ1v) is 4.55. The molecule has 0 aliphatic carbocycles. The average Bonchev–Trinajstić information content (AvgIpc) is 2.34. The van der Waals surface area contributed by atoms with E-state index in [1.54, 1.807) is 0 Å². The molecule has 0 aromatic rings. The minimum absolute atomic E-state index is 0.117. The van der Waals surface area contributed by atoms with Gasteiger partial charge in [-0.1, -0.05) is 0 Å². The molecule has 1 N–H and O–H groups in total. The first-order chi connectivity index (χ1) is 5.20. The average molecular weight is 155 g/mol. The predicted octanol–water partition coefficient (Wildman–Crippen LogP) is 1.02. The van der Waals surface area contributed by atoms with Gasteiger partial charge in [0.25, 0.3) is 0 Å². The molecule has 2 nitrogen and oxygen atoms in total. The van der Waals surface area contributed by atoms with Crippen LogP contribution >= 0.6 is 0 Å². The molecule has 2 heterocycles. The number of ether oxygens (including phenoxy) is 1. The van der Waals surface area contributed by atoms with Gasteiger partial charge in [-0.05, 0) is 32.7 Å². The number of fused-ring (bicyclic) bond motifs is 1. The van der Waals surface area contributed by atoms with Crippen molar-refractivity contribution in [2.24, 2.45) is 11.8 Å². The molecule has 0 radical (unpaired) electrons. The van der Waals surface area contributed by atoms with Crippen LogP contribution in [0.4, 0.5) is 0 Å². The Morgan fingerprint density at radius 3 is 2.91 bits per heavy atom. The van der Waals surface area contributed by atoms with Crippen molar-refractivity contribution in [1.82, 2.24) is 5.32 Å². The highest BCUT2D eigenvalue weighted by Crippen LogP contribution is 2.36. The summed E-state index contributed by atoms with van der Waals surface area (Å²) in [6, 6.07) is 0. The van der Waals surface area contributed by atoms with Crippen LogP contribution in [0.25, 0.3) is 0 Å². The van der Waals surface area contributed by atoms with E-state index in [0.29, 0.717) is 0 Å². The zero-order chi connectivity index (χ0) is 7.90. The van der Waals surface area contributed by atoms with Gasteiger partial charge in [0.2, 0.25) is 0 Å². The molecule has 0 spiro atoms. The van der Waals surface area contributed by atoms with Gasteiger partial charge in [0.15, 0.2) is 0 Å². The molecule has 64 valence electrons. The molecule has 0 aromatic carbocycles. The molecule has 2 unspecified atom stereocenters. The van der Waals surface area contributed by atoms with Crippen LogP contribution in [-0.2, 0) is 4.74 Å². The maximum atomic E-state index is 5.74. The van der Waals surface area contributed by atoms with Gasteiger partial charge in [0.1, 0.15) is 0 Å². The van der Waals surface area contributed by atoms with Crippen LogP contribution in [0, 0.1) is 11.8 Å². The fourth-order valence-corrected chi connectivity index (χ4v) is 2.43. The van der Waals surface area contributed by atoms with Gasteiger partial charge in [-0.15, -0.1) is 0 Å². The molecule has 0 saturated carbocycles. The quantitative estimate of drug-likeness (QED) is 0.564. The Kier molecular flexibility index (Phi) is 1.69. The van der Waals surface area contributed by atoms with E-state index in [0.717, 1.165) is 25.0 Å². The van der Waals surface area contributed by atoms with Gasteiger partial charge in [-0.25, -0.2) is 0 Å². The third kappa shape index (κ3) is 1.18. The smallest absolute Gasteiger partial charge is 0.0669 e. The fourth-order valence-electron chi connectivity index (χ4n) is 2.43. The molecule has 2 fully saturated rings. The second-order valence-electron chi connectivity index (χ2n) is 4.27. The largest absolute Gasteiger partial charge is 0.375 e. The molecule has 11 heavy (non-hydrogen) atoms. The summed E-state index contributed by atoms with van der Waals surface area (Å²) in [6.45, 7) is 7.75. The standard InChI is InChI=1S/C9H17NO/c1-9(2)8-6-10-5-7(8)3-4-11-9/h7-8,10H,3-6H2,1-2H3. The second kappa shape index (κ2) is 2.46. The van der Waals surface area contributed by atoms with E-state index in [1.165, 1.54) is 13.0 Å². The van der Waals surface area contributed by atoms with Gasteiger partial charge < -0.3 is 10.1 Å². The van der Waals surface area contributed by atoms with Crippen LogP contribution in [0.15, 0.2) is 0 Å². The van der Waals surface area contributed by atoms with Crippen LogP contribution in [0.5, 0.6) is 0 Å². The molecule has 2 rings (SSSR count). The Bertz CT molecular complexity index is 156. The number of rotatable bonds is 0. The molecule has 2 heteroatoms. The van der Waals surface area contributed by atoms with Crippen LogP contribution < -0.4 is 5.32 Å². The third-order valence-electron chi connectivity index (χ3n) is 3.20. The minimum Gasteiger partial charge on any atom is -0.375 e. The lowest BCUT2D eigenvalue weighted by Crippen LogP contribution is -2.43. The lowest BCUT2D eigenvalue weighted by molar-refractivity contribution is -0.104. The van der Waals surface area contributed by atoms with Crippen molar-refractivity contribution >= 4 is 0 Å². The van der Waals surface area contributed by atoms with Crippen molar-refractivity contribution in [3.8, 4) is 0 Å². The van der Waals surface area contributed by atoms with Gasteiger partial charge >= 0.3 is 0 Å². The Labute approximate surface area is 68.3 Å². The molecular weight excluding hydrogens is 138 g/mol. The lowest BCUT2D eigenvalue weighted by Gasteiger charge is -2.39. The van der Waals surface area contributed by atoms with E-state index >= 15 is 0 Å². The maximum absolute atomic E-state index is 5.74. The van der Waals surface area contributed by atoms with Gasteiger partial charge in [0, 0.05) is 19.1 Å². The summed E-state index contributed by atoms with van der Waals surface area (Å²) in [7, 11) is 0. The van der Waals surface area contributed by atoms with E-state index in [9.17, 15) is 0 Å². The zero-order valence-electron chi connectivity index (χ0n) is 7.39. The Morgan fingerprint density at radius 2 is 2.18 bits per heavy atom. The second-order valence-corrected chi connectivity index (χ2v) is 4.27. The normalized spacial score (nSPS) is 42.0. The van der Waals surface area contributed by atoms with Crippen LogP contribution in [0.3, 0.4) is 0 Å². The highest BCUT2D eigenvalue weighted by molar-refractivity contribution is 4.94. The molecule has 0 amide bonds. The summed E-state index contributed by atoms with van der Waals surface area (Å²) >= 11 is 0. The summed E-state index contributed by atoms with van der Waals surface area (Å²) in [5, 5.41) is 3.44. The van der Waals surface area contributed by atoms with E-state index in [-0.39, 0.29) is 5.60 Å². The van der Waals surface area contributed by atoms with Crippen LogP contribution in [0.1, 0.15) is 20.3 Å². The SMILES string of the molecule is CC1(C)OCCC2CNCC21. The van der Waals surface area contributed by atoms with Gasteiger partial charge in [-0.3, -0.25) is 0 Å². The Hall–Kier alpha value is -0.0800. The molecule has 2 aliphatic heterocycles. The minimum atomic E-state index is 0.117. The monoisotopic (exact) mass is 155 g/mol. The molecule has 2 aliphatic rings. The predicted molar refractivity (Wildman–Crippen MR) is 44.5 cm³/mol. The van der Waals surface area contributed by atoms with Crippen molar-refractivity contribution in [3.05, 3.63) is 0 Å². The zero-order valence-corrected chi connectivity index (χ0v) is 7.39. The Morgan fingerprint density at radius 1 is 1.36 bits per heavy atom. The number of hydrogen-bond donors (Lipinski definition) is 1. The fraction of sp³-hybridized carbons (Fsp3) is 1.00. The van der Waals surface area contributed by atoms with Gasteiger partial charge in [-0.2, -0.15) is 0 Å². The molecule has 0 bridgehead atoms. The van der Waals surface area contributed by atoms with Gasteiger partial charge in [0.05, 0.1) is 5.60 Å². The highest BCUT2D eigenvalue weighted by Gasteiger charge is 2.42. The first kappa shape index (κ1) is 7.56. The van der Waals surface area contributed by atoms with E-state index < -0.39 is 0 Å². The molecular formula is C9H17NO. The molecule has 0 aromatic heterocycles. The van der Waals surface area contributed by atoms with E-state index in [1.807, 2.05) is 0 Å². The maximum Gasteiger partial charge on any atom is 0.0669 e. The third-order valence-corrected chi connectivity index (χ3v) is 3.20. The first-order valence-electron chi connectivity index (χ1n) is 4.55. The summed E-state index contributed by atoms with van der Waals surface area (Å²) in [4.78, 5) is 0.